The highest BCUT2D eigenvalue weighted by atomic mass is 19.3. The van der Waals surface area contributed by atoms with Gasteiger partial charge in [0.05, 0.1) is 0 Å². The summed E-state index contributed by atoms with van der Waals surface area (Å²) < 4.78 is 36.3. The Kier molecular flexibility index (Phi) is 4.68. The van der Waals surface area contributed by atoms with Crippen molar-refractivity contribution in [1.29, 1.82) is 0 Å². The maximum atomic E-state index is 12.4. The van der Waals surface area contributed by atoms with Crippen LogP contribution < -0.4 is 0 Å². The van der Waals surface area contributed by atoms with Gasteiger partial charge in [0.15, 0.2) is 0 Å². The molecule has 0 fully saturated rings. The molecular weight excluding hydrogens is 192 g/mol. The predicted molar refractivity (Wildman–Crippen MR) is 50.1 cm³/mol. The Morgan fingerprint density at radius 2 is 1.79 bits per heavy atom. The lowest BCUT2D eigenvalue weighted by atomic mass is 9.84. The maximum Gasteiger partial charge on any atom is 0.439 e. The molecule has 1 nitrogen and oxygen atoms in total. The second-order valence-electron chi connectivity index (χ2n) is 4.40. The normalized spacial score (nSPS) is 12.7. The molecule has 1 radical (unpaired) electrons. The number of halogens is 3. The van der Waals surface area contributed by atoms with Crippen LogP contribution in [0.1, 0.15) is 40.0 Å². The molecule has 5 heteroatoms. The van der Waals surface area contributed by atoms with E-state index < -0.39 is 25.2 Å². The molecule has 0 aromatic rings. The Morgan fingerprint density at radius 1 is 1.29 bits per heavy atom. The SMILES string of the molecule is CC(C)(C)C(=O)CCCC(F)(F)[B]F. The fraction of sp³-hybridized carbons (Fsp3) is 0.889. The Hall–Kier alpha value is -0.475. The molecule has 0 unspecified atom stereocenters. The van der Waals surface area contributed by atoms with Crippen LogP contribution in [0.4, 0.5) is 13.1 Å². The van der Waals surface area contributed by atoms with Crippen molar-refractivity contribution in [2.24, 2.45) is 5.41 Å². The first-order valence-corrected chi connectivity index (χ1v) is 4.55. The van der Waals surface area contributed by atoms with Crippen LogP contribution in [0.25, 0.3) is 0 Å². The van der Waals surface area contributed by atoms with Crippen molar-refractivity contribution in [3.8, 4) is 0 Å². The van der Waals surface area contributed by atoms with Gasteiger partial charge in [0.1, 0.15) is 5.78 Å². The van der Waals surface area contributed by atoms with Gasteiger partial charge in [-0.15, -0.1) is 0 Å². The number of Topliss-reactive ketones (excluding diaryl/α,β-unsaturated/α-hetero) is 1. The van der Waals surface area contributed by atoms with E-state index in [0.29, 0.717) is 0 Å². The van der Waals surface area contributed by atoms with E-state index in [4.69, 9.17) is 0 Å². The highest BCUT2D eigenvalue weighted by Gasteiger charge is 2.32. The van der Waals surface area contributed by atoms with Crippen molar-refractivity contribution in [3.05, 3.63) is 0 Å². The molecule has 81 valence electrons. The zero-order valence-corrected chi connectivity index (χ0v) is 8.74. The van der Waals surface area contributed by atoms with Crippen LogP contribution in [0.3, 0.4) is 0 Å². The summed E-state index contributed by atoms with van der Waals surface area (Å²) in [6.45, 7) is 5.19. The zero-order chi connectivity index (χ0) is 11.4. The molecule has 0 saturated carbocycles. The molecule has 0 saturated heterocycles. The van der Waals surface area contributed by atoms with E-state index >= 15 is 0 Å². The Labute approximate surface area is 83.4 Å². The van der Waals surface area contributed by atoms with E-state index in [-0.39, 0.29) is 18.6 Å². The number of ketones is 1. The number of carbonyl (C=O) groups excluding carboxylic acids is 1. The van der Waals surface area contributed by atoms with Crippen LogP contribution in [0.15, 0.2) is 0 Å². The van der Waals surface area contributed by atoms with Gasteiger partial charge in [-0.2, -0.15) is 0 Å². The molecular formula is C9H15BF3O. The topological polar surface area (TPSA) is 17.1 Å². The third-order valence-electron chi connectivity index (χ3n) is 1.91. The van der Waals surface area contributed by atoms with Crippen LogP contribution in [-0.4, -0.2) is 19.2 Å². The van der Waals surface area contributed by atoms with E-state index in [1.807, 2.05) is 0 Å². The number of carbonyl (C=O) groups is 1. The smallest absolute Gasteiger partial charge is 0.334 e. The molecule has 0 aromatic heterocycles. The minimum absolute atomic E-state index is 0.0174. The monoisotopic (exact) mass is 207 g/mol. The van der Waals surface area contributed by atoms with Gasteiger partial charge in [0, 0.05) is 18.3 Å². The molecule has 0 bridgehead atoms. The minimum Gasteiger partial charge on any atom is -0.334 e. The van der Waals surface area contributed by atoms with E-state index in [1.165, 1.54) is 0 Å². The fourth-order valence-corrected chi connectivity index (χ4v) is 0.914. The summed E-state index contributed by atoms with van der Waals surface area (Å²) in [7, 11) is -0.617. The average molecular weight is 207 g/mol. The van der Waals surface area contributed by atoms with Crippen LogP contribution in [-0.2, 0) is 4.79 Å². The first-order chi connectivity index (χ1) is 6.19. The molecule has 0 heterocycles. The lowest BCUT2D eigenvalue weighted by Crippen LogP contribution is -2.24. The van der Waals surface area contributed by atoms with Gasteiger partial charge in [-0.05, 0) is 6.42 Å². The first-order valence-electron chi connectivity index (χ1n) is 4.55. The maximum absolute atomic E-state index is 12.4. The molecule has 0 N–H and O–H groups in total. The highest BCUT2D eigenvalue weighted by molar-refractivity contribution is 6.29. The van der Waals surface area contributed by atoms with Crippen molar-refractivity contribution >= 4 is 13.3 Å². The molecule has 0 aromatic carbocycles. The number of rotatable bonds is 5. The Balaban J connectivity index is 3.82. The van der Waals surface area contributed by atoms with Crippen molar-refractivity contribution in [2.45, 2.75) is 45.9 Å². The standard InChI is InChI=1S/C9H15BF3O/c1-8(2,3)7(14)5-4-6-9(11,12)10-13/h4-6H2,1-3H3. The Morgan fingerprint density at radius 3 is 2.14 bits per heavy atom. The molecule has 0 amide bonds. The van der Waals surface area contributed by atoms with Gasteiger partial charge < -0.3 is 4.32 Å². The largest absolute Gasteiger partial charge is 0.439 e. The van der Waals surface area contributed by atoms with E-state index in [0.717, 1.165) is 0 Å². The second-order valence-corrected chi connectivity index (χ2v) is 4.40. The van der Waals surface area contributed by atoms with Gasteiger partial charge in [0.25, 0.3) is 0 Å². The first kappa shape index (κ1) is 13.5. The van der Waals surface area contributed by atoms with E-state index in [2.05, 4.69) is 0 Å². The van der Waals surface area contributed by atoms with Crippen molar-refractivity contribution in [2.75, 3.05) is 0 Å². The van der Waals surface area contributed by atoms with Crippen molar-refractivity contribution < 1.29 is 17.9 Å². The molecule has 0 atom stereocenters. The quantitative estimate of drug-likeness (QED) is 0.633. The summed E-state index contributed by atoms with van der Waals surface area (Å²) in [4.78, 5) is 11.3. The summed E-state index contributed by atoms with van der Waals surface area (Å²) >= 11 is 0. The number of hydrogen-bond acceptors (Lipinski definition) is 1. The zero-order valence-electron chi connectivity index (χ0n) is 8.74. The summed E-state index contributed by atoms with van der Waals surface area (Å²) in [6, 6.07) is 0. The third kappa shape index (κ3) is 5.30. The van der Waals surface area contributed by atoms with Crippen LogP contribution >= 0.6 is 0 Å². The molecule has 0 aliphatic rings. The van der Waals surface area contributed by atoms with Gasteiger partial charge in [-0.3, -0.25) is 4.79 Å². The average Bonchev–Trinajstić information content (AvgIpc) is 2.02. The van der Waals surface area contributed by atoms with E-state index in [9.17, 15) is 17.9 Å². The van der Waals surface area contributed by atoms with Gasteiger partial charge in [0.2, 0.25) is 5.82 Å². The van der Waals surface area contributed by atoms with Crippen LogP contribution in [0.5, 0.6) is 0 Å². The lowest BCUT2D eigenvalue weighted by Gasteiger charge is -2.17. The van der Waals surface area contributed by atoms with Crippen LogP contribution in [0, 0.1) is 5.41 Å². The number of hydrogen-bond donors (Lipinski definition) is 0. The van der Waals surface area contributed by atoms with Gasteiger partial charge in [-0.1, -0.05) is 20.8 Å². The van der Waals surface area contributed by atoms with Crippen molar-refractivity contribution in [3.63, 3.8) is 0 Å². The summed E-state index contributed by atoms with van der Waals surface area (Å²) in [5, 5.41) is 0. The van der Waals surface area contributed by atoms with Gasteiger partial charge in [-0.25, -0.2) is 8.78 Å². The predicted octanol–water partition coefficient (Wildman–Crippen LogP) is 2.95. The van der Waals surface area contributed by atoms with Gasteiger partial charge >= 0.3 is 7.56 Å². The highest BCUT2D eigenvalue weighted by Crippen LogP contribution is 2.23. The molecule has 14 heavy (non-hydrogen) atoms. The molecule has 0 spiro atoms. The number of alkyl halides is 2. The second kappa shape index (κ2) is 4.85. The fourth-order valence-electron chi connectivity index (χ4n) is 0.914. The third-order valence-corrected chi connectivity index (χ3v) is 1.91. The summed E-state index contributed by atoms with van der Waals surface area (Å²) in [5.74, 6) is -3.47. The molecule has 0 aliphatic heterocycles. The summed E-state index contributed by atoms with van der Waals surface area (Å²) in [5.41, 5.74) is -0.505. The summed E-state index contributed by atoms with van der Waals surface area (Å²) in [6.07, 6.45) is -0.512. The van der Waals surface area contributed by atoms with Crippen LogP contribution in [0.2, 0.25) is 0 Å². The minimum atomic E-state index is -3.39. The molecule has 0 rings (SSSR count). The lowest BCUT2D eigenvalue weighted by molar-refractivity contribution is -0.126. The molecule has 0 aliphatic carbocycles. The van der Waals surface area contributed by atoms with Crippen molar-refractivity contribution in [1.82, 2.24) is 0 Å². The Bertz CT molecular complexity index is 199. The van der Waals surface area contributed by atoms with E-state index in [1.54, 1.807) is 20.8 Å².